The quantitative estimate of drug-likeness (QED) is 0.734. The van der Waals surface area contributed by atoms with Crippen LogP contribution in [0.1, 0.15) is 17.0 Å². The van der Waals surface area contributed by atoms with Crippen molar-refractivity contribution >= 4 is 29.6 Å². The maximum absolute atomic E-state index is 12.3. The summed E-state index contributed by atoms with van der Waals surface area (Å²) in [5, 5.41) is 7.63. The van der Waals surface area contributed by atoms with Crippen LogP contribution in [0, 0.1) is 0 Å². The van der Waals surface area contributed by atoms with Gasteiger partial charge in [0.1, 0.15) is 11.6 Å². The van der Waals surface area contributed by atoms with Gasteiger partial charge in [0.25, 0.3) is 0 Å². The number of rotatable bonds is 4. The third-order valence-electron chi connectivity index (χ3n) is 3.74. The lowest BCUT2D eigenvalue weighted by atomic mass is 10.2. The molecule has 0 radical (unpaired) electrons. The van der Waals surface area contributed by atoms with Crippen LogP contribution in [0.15, 0.2) is 59.2 Å². The second kappa shape index (κ2) is 6.41. The van der Waals surface area contributed by atoms with Crippen LogP contribution in [0.25, 0.3) is 11.8 Å². The number of nitrogens with zero attached hydrogens (tertiary/aromatic N) is 2. The van der Waals surface area contributed by atoms with Gasteiger partial charge in [-0.2, -0.15) is 16.9 Å². The van der Waals surface area contributed by atoms with Crippen LogP contribution in [-0.4, -0.2) is 15.7 Å². The van der Waals surface area contributed by atoms with Crippen molar-refractivity contribution in [2.24, 2.45) is 0 Å². The number of amides is 1. The minimum Gasteiger partial charge on any atom is -0.465 e. The van der Waals surface area contributed by atoms with Gasteiger partial charge < -0.3 is 9.73 Å². The Balaban J connectivity index is 1.63. The zero-order valence-electron chi connectivity index (χ0n) is 12.8. The molecule has 1 aromatic carbocycles. The number of para-hydroxylation sites is 1. The van der Waals surface area contributed by atoms with Crippen LogP contribution in [0.3, 0.4) is 0 Å². The maximum atomic E-state index is 12.3. The van der Waals surface area contributed by atoms with E-state index >= 15 is 0 Å². The molecular weight excluding hydrogens is 322 g/mol. The number of hydrogen-bond donors (Lipinski definition) is 1. The summed E-state index contributed by atoms with van der Waals surface area (Å²) in [5.74, 6) is 2.92. The topological polar surface area (TPSA) is 60.1 Å². The van der Waals surface area contributed by atoms with Gasteiger partial charge >= 0.3 is 0 Å². The molecule has 3 heterocycles. The summed E-state index contributed by atoms with van der Waals surface area (Å²) in [6.07, 6.45) is 4.69. The van der Waals surface area contributed by atoms with E-state index in [0.29, 0.717) is 5.76 Å². The Kier molecular flexibility index (Phi) is 3.96. The summed E-state index contributed by atoms with van der Waals surface area (Å²) in [7, 11) is 0. The molecule has 2 aromatic heterocycles. The summed E-state index contributed by atoms with van der Waals surface area (Å²) in [5.41, 5.74) is 3.07. The highest BCUT2D eigenvalue weighted by Crippen LogP contribution is 2.36. The fraction of sp³-hybridized carbons (Fsp3) is 0.111. The number of furan rings is 1. The standard InChI is InChI=1S/C18H15N3O2S/c22-17(9-8-14-7-4-10-23-14)19-18-15-11-24-12-16(15)20-21(18)13-5-2-1-3-6-13/h1-10H,11-12H2,(H,19,22)/b9-8-. The van der Waals surface area contributed by atoms with E-state index in [1.165, 1.54) is 6.08 Å². The number of anilines is 1. The highest BCUT2D eigenvalue weighted by molar-refractivity contribution is 7.98. The first-order valence-corrected chi connectivity index (χ1v) is 8.73. The van der Waals surface area contributed by atoms with E-state index in [1.807, 2.05) is 35.0 Å². The molecule has 0 fully saturated rings. The summed E-state index contributed by atoms with van der Waals surface area (Å²) in [6, 6.07) is 13.4. The first-order chi connectivity index (χ1) is 11.8. The molecule has 1 N–H and O–H groups in total. The number of fused-ring (bicyclic) bond motifs is 1. The third-order valence-corrected chi connectivity index (χ3v) is 4.71. The molecule has 0 spiro atoms. The second-order valence-corrected chi connectivity index (χ2v) is 6.34. The number of carbonyl (C=O) groups is 1. The van der Waals surface area contributed by atoms with Crippen molar-refractivity contribution in [3.63, 3.8) is 0 Å². The van der Waals surface area contributed by atoms with Gasteiger partial charge in [-0.15, -0.1) is 0 Å². The lowest BCUT2D eigenvalue weighted by Gasteiger charge is -2.09. The lowest BCUT2D eigenvalue weighted by molar-refractivity contribution is -0.111. The molecule has 5 nitrogen and oxygen atoms in total. The zero-order chi connectivity index (χ0) is 16.4. The number of nitrogens with one attached hydrogen (secondary N) is 1. The Morgan fingerprint density at radius 3 is 2.88 bits per heavy atom. The van der Waals surface area contributed by atoms with Crippen LogP contribution in [0.2, 0.25) is 0 Å². The molecular formula is C18H15N3O2S. The number of carbonyl (C=O) groups excluding carboxylic acids is 1. The monoisotopic (exact) mass is 337 g/mol. The summed E-state index contributed by atoms with van der Waals surface area (Å²) in [6.45, 7) is 0. The van der Waals surface area contributed by atoms with Crippen LogP contribution >= 0.6 is 11.8 Å². The van der Waals surface area contributed by atoms with Gasteiger partial charge in [-0.25, -0.2) is 4.68 Å². The molecule has 1 amide bonds. The molecule has 0 unspecified atom stereocenters. The molecule has 4 rings (SSSR count). The molecule has 3 aromatic rings. The highest BCUT2D eigenvalue weighted by atomic mass is 32.2. The van der Waals surface area contributed by atoms with Crippen LogP contribution in [0.4, 0.5) is 5.82 Å². The van der Waals surface area contributed by atoms with Gasteiger partial charge in [-0.1, -0.05) is 18.2 Å². The third kappa shape index (κ3) is 2.88. The lowest BCUT2D eigenvalue weighted by Crippen LogP contribution is -2.13. The highest BCUT2D eigenvalue weighted by Gasteiger charge is 2.24. The van der Waals surface area contributed by atoms with E-state index in [4.69, 9.17) is 4.42 Å². The van der Waals surface area contributed by atoms with Crippen molar-refractivity contribution in [2.75, 3.05) is 5.32 Å². The van der Waals surface area contributed by atoms with Crippen molar-refractivity contribution < 1.29 is 9.21 Å². The fourth-order valence-corrected chi connectivity index (χ4v) is 3.63. The Labute approximate surface area is 143 Å². The number of benzene rings is 1. The Bertz CT molecular complexity index is 883. The number of thioether (sulfide) groups is 1. The van der Waals surface area contributed by atoms with E-state index in [9.17, 15) is 4.79 Å². The Morgan fingerprint density at radius 2 is 2.08 bits per heavy atom. The molecule has 0 atom stereocenters. The van der Waals surface area contributed by atoms with Gasteiger partial charge in [-0.3, -0.25) is 4.79 Å². The zero-order valence-corrected chi connectivity index (χ0v) is 13.6. The molecule has 1 aliphatic heterocycles. The minimum atomic E-state index is -0.205. The molecule has 6 heteroatoms. The minimum absolute atomic E-state index is 0.205. The van der Waals surface area contributed by atoms with E-state index in [2.05, 4.69) is 10.4 Å². The molecule has 24 heavy (non-hydrogen) atoms. The van der Waals surface area contributed by atoms with E-state index in [-0.39, 0.29) is 5.91 Å². The van der Waals surface area contributed by atoms with Crippen molar-refractivity contribution in [3.8, 4) is 5.69 Å². The summed E-state index contributed by atoms with van der Waals surface area (Å²) < 4.78 is 7.01. The summed E-state index contributed by atoms with van der Waals surface area (Å²) in [4.78, 5) is 12.3. The molecule has 0 aliphatic carbocycles. The first kappa shape index (κ1) is 14.8. The van der Waals surface area contributed by atoms with Crippen LogP contribution < -0.4 is 5.32 Å². The van der Waals surface area contributed by atoms with Crippen LogP contribution in [0.5, 0.6) is 0 Å². The predicted octanol–water partition coefficient (Wildman–Crippen LogP) is 3.86. The average Bonchev–Trinajstić information content (AvgIpc) is 3.33. The molecule has 0 bridgehead atoms. The molecule has 1 aliphatic rings. The number of aromatic nitrogens is 2. The predicted molar refractivity (Wildman–Crippen MR) is 94.9 cm³/mol. The van der Waals surface area contributed by atoms with E-state index < -0.39 is 0 Å². The van der Waals surface area contributed by atoms with E-state index in [0.717, 1.165) is 34.3 Å². The average molecular weight is 337 g/mol. The second-order valence-electron chi connectivity index (χ2n) is 5.35. The van der Waals surface area contributed by atoms with E-state index in [1.54, 1.807) is 36.2 Å². The maximum Gasteiger partial charge on any atom is 0.249 e. The van der Waals surface area contributed by atoms with Gasteiger partial charge in [-0.05, 0) is 30.3 Å². The van der Waals surface area contributed by atoms with Crippen molar-refractivity contribution in [2.45, 2.75) is 11.5 Å². The molecule has 0 saturated carbocycles. The van der Waals surface area contributed by atoms with Gasteiger partial charge in [0.15, 0.2) is 0 Å². The molecule has 0 saturated heterocycles. The first-order valence-electron chi connectivity index (χ1n) is 7.58. The smallest absolute Gasteiger partial charge is 0.249 e. The number of hydrogen-bond acceptors (Lipinski definition) is 4. The normalized spacial score (nSPS) is 13.3. The fourth-order valence-electron chi connectivity index (χ4n) is 2.60. The Morgan fingerprint density at radius 1 is 1.21 bits per heavy atom. The van der Waals surface area contributed by atoms with Crippen molar-refractivity contribution in [1.82, 2.24) is 9.78 Å². The van der Waals surface area contributed by atoms with Gasteiger partial charge in [0, 0.05) is 23.1 Å². The van der Waals surface area contributed by atoms with Gasteiger partial charge in [0.2, 0.25) is 5.91 Å². The van der Waals surface area contributed by atoms with Crippen LogP contribution in [-0.2, 0) is 16.3 Å². The van der Waals surface area contributed by atoms with Crippen molar-refractivity contribution in [1.29, 1.82) is 0 Å². The largest absolute Gasteiger partial charge is 0.465 e. The summed E-state index contributed by atoms with van der Waals surface area (Å²) >= 11 is 1.81. The SMILES string of the molecule is O=C(/C=C\c1ccco1)Nc1c2c(nn1-c1ccccc1)CSC2. The Hall–Kier alpha value is -2.73. The van der Waals surface area contributed by atoms with Crippen molar-refractivity contribution in [3.05, 3.63) is 71.8 Å². The van der Waals surface area contributed by atoms with Gasteiger partial charge in [0.05, 0.1) is 17.6 Å². The molecule has 120 valence electrons.